The number of carboxylic acids is 1. The van der Waals surface area contributed by atoms with Gasteiger partial charge >= 0.3 is 5.97 Å². The van der Waals surface area contributed by atoms with Crippen molar-refractivity contribution in [3.63, 3.8) is 0 Å². The van der Waals surface area contributed by atoms with Crippen molar-refractivity contribution in [2.75, 3.05) is 4.72 Å². The Balaban J connectivity index is 2.40. The van der Waals surface area contributed by atoms with Gasteiger partial charge in [-0.05, 0) is 24.3 Å². The van der Waals surface area contributed by atoms with Crippen molar-refractivity contribution >= 4 is 48.9 Å². The van der Waals surface area contributed by atoms with Crippen molar-refractivity contribution in [2.45, 2.75) is 4.90 Å². The Morgan fingerprint density at radius 1 is 1.38 bits per heavy atom. The third kappa shape index (κ3) is 3.41. The van der Waals surface area contributed by atoms with Crippen LogP contribution in [0.2, 0.25) is 0 Å². The van der Waals surface area contributed by atoms with Crippen LogP contribution in [0.1, 0.15) is 15.2 Å². The summed E-state index contributed by atoms with van der Waals surface area (Å²) in [6.07, 6.45) is 0. The van der Waals surface area contributed by atoms with Crippen molar-refractivity contribution in [3.8, 4) is 6.07 Å². The lowest BCUT2D eigenvalue weighted by Crippen LogP contribution is -2.13. The summed E-state index contributed by atoms with van der Waals surface area (Å²) in [4.78, 5) is 10.6. The Morgan fingerprint density at radius 3 is 2.67 bits per heavy atom. The SMILES string of the molecule is N#Cc1ccc(Br)cc1NS(=O)(=O)c1csc(C(=O)O)c1. The molecule has 0 bridgehead atoms. The Bertz CT molecular complexity index is 852. The molecule has 6 nitrogen and oxygen atoms in total. The topological polar surface area (TPSA) is 107 Å². The first kappa shape index (κ1) is 15.5. The summed E-state index contributed by atoms with van der Waals surface area (Å²) in [5, 5.41) is 19.0. The van der Waals surface area contributed by atoms with Crippen LogP contribution in [-0.4, -0.2) is 19.5 Å². The number of thiophene rings is 1. The predicted molar refractivity (Wildman–Crippen MR) is 80.9 cm³/mol. The van der Waals surface area contributed by atoms with Crippen molar-refractivity contribution in [2.24, 2.45) is 0 Å². The average Bonchev–Trinajstić information content (AvgIpc) is 2.89. The van der Waals surface area contributed by atoms with Crippen LogP contribution in [0.3, 0.4) is 0 Å². The van der Waals surface area contributed by atoms with Gasteiger partial charge in [-0.1, -0.05) is 15.9 Å². The van der Waals surface area contributed by atoms with Gasteiger partial charge in [0.1, 0.15) is 10.9 Å². The van der Waals surface area contributed by atoms with Gasteiger partial charge in [-0.25, -0.2) is 13.2 Å². The molecule has 0 amide bonds. The minimum absolute atomic E-state index is 0.0786. The number of nitrogens with zero attached hydrogens (tertiary/aromatic N) is 1. The Labute approximate surface area is 132 Å². The van der Waals surface area contributed by atoms with Crippen LogP contribution in [-0.2, 0) is 10.0 Å². The van der Waals surface area contributed by atoms with Crippen LogP contribution in [0, 0.1) is 11.3 Å². The fourth-order valence-electron chi connectivity index (χ4n) is 1.47. The van der Waals surface area contributed by atoms with Crippen LogP contribution in [0.4, 0.5) is 5.69 Å². The third-order valence-electron chi connectivity index (χ3n) is 2.44. The second kappa shape index (κ2) is 5.85. The fourth-order valence-corrected chi connectivity index (χ4v) is 4.02. The smallest absolute Gasteiger partial charge is 0.345 e. The van der Waals surface area contributed by atoms with E-state index in [0.29, 0.717) is 4.47 Å². The molecule has 0 spiro atoms. The first-order chi connectivity index (χ1) is 9.83. The number of halogens is 1. The van der Waals surface area contributed by atoms with E-state index in [4.69, 9.17) is 10.4 Å². The maximum absolute atomic E-state index is 12.2. The summed E-state index contributed by atoms with van der Waals surface area (Å²) < 4.78 is 27.3. The van der Waals surface area contributed by atoms with Gasteiger partial charge in [0.25, 0.3) is 10.0 Å². The highest BCUT2D eigenvalue weighted by Crippen LogP contribution is 2.26. The molecule has 0 saturated heterocycles. The van der Waals surface area contributed by atoms with Gasteiger partial charge in [0.05, 0.1) is 16.1 Å². The highest BCUT2D eigenvalue weighted by molar-refractivity contribution is 9.10. The van der Waals surface area contributed by atoms with Crippen molar-refractivity contribution in [3.05, 3.63) is 44.6 Å². The molecular formula is C12H7BrN2O4S2. The van der Waals surface area contributed by atoms with E-state index in [1.165, 1.54) is 17.5 Å². The molecular weight excluding hydrogens is 380 g/mol. The summed E-state index contributed by atoms with van der Waals surface area (Å²) in [7, 11) is -3.95. The lowest BCUT2D eigenvalue weighted by molar-refractivity contribution is 0.0702. The minimum atomic E-state index is -3.95. The number of sulfonamides is 1. The number of anilines is 1. The molecule has 0 saturated carbocycles. The lowest BCUT2D eigenvalue weighted by atomic mass is 10.2. The standard InChI is InChI=1S/C12H7BrN2O4S2/c13-8-2-1-7(5-14)10(3-8)15-21(18,19)9-4-11(12(16)17)20-6-9/h1-4,6,15H,(H,16,17). The third-order valence-corrected chi connectivity index (χ3v) is 5.35. The van der Waals surface area contributed by atoms with Gasteiger partial charge in [0.15, 0.2) is 0 Å². The number of carbonyl (C=O) groups is 1. The largest absolute Gasteiger partial charge is 0.477 e. The number of nitrogens with one attached hydrogen (secondary N) is 1. The van der Waals surface area contributed by atoms with Crippen molar-refractivity contribution in [1.29, 1.82) is 5.26 Å². The van der Waals surface area contributed by atoms with Crippen LogP contribution >= 0.6 is 27.3 Å². The molecule has 0 fully saturated rings. The molecule has 0 radical (unpaired) electrons. The van der Waals surface area contributed by atoms with Gasteiger partial charge in [0.2, 0.25) is 0 Å². The molecule has 21 heavy (non-hydrogen) atoms. The molecule has 0 aliphatic heterocycles. The van der Waals surface area contributed by atoms with E-state index in [0.717, 1.165) is 17.4 Å². The van der Waals surface area contributed by atoms with E-state index >= 15 is 0 Å². The molecule has 1 aromatic carbocycles. The number of nitriles is 1. The maximum atomic E-state index is 12.2. The molecule has 2 rings (SSSR count). The Hall–Kier alpha value is -1.89. The summed E-state index contributed by atoms with van der Waals surface area (Å²) in [5.41, 5.74) is 0.283. The molecule has 0 aliphatic rings. The zero-order valence-corrected chi connectivity index (χ0v) is 13.4. The Kier molecular flexibility index (Phi) is 4.32. The summed E-state index contributed by atoms with van der Waals surface area (Å²) in [5.74, 6) is -1.19. The number of benzene rings is 1. The highest BCUT2D eigenvalue weighted by Gasteiger charge is 2.20. The quantitative estimate of drug-likeness (QED) is 0.839. The van der Waals surface area contributed by atoms with Gasteiger partial charge in [-0.15, -0.1) is 11.3 Å². The normalized spacial score (nSPS) is 10.9. The number of aromatic carboxylic acids is 1. The summed E-state index contributed by atoms with van der Waals surface area (Å²) in [6.45, 7) is 0. The summed E-state index contributed by atoms with van der Waals surface area (Å²) in [6, 6.07) is 7.49. The van der Waals surface area contributed by atoms with E-state index in [2.05, 4.69) is 20.7 Å². The molecule has 0 aliphatic carbocycles. The predicted octanol–water partition coefficient (Wildman–Crippen LogP) is 2.88. The van der Waals surface area contributed by atoms with Crippen molar-refractivity contribution < 1.29 is 18.3 Å². The highest BCUT2D eigenvalue weighted by atomic mass is 79.9. The zero-order chi connectivity index (χ0) is 15.6. The fraction of sp³-hybridized carbons (Fsp3) is 0. The Morgan fingerprint density at radius 2 is 2.10 bits per heavy atom. The van der Waals surface area contributed by atoms with Crippen LogP contribution < -0.4 is 4.72 Å². The second-order valence-electron chi connectivity index (χ2n) is 3.86. The molecule has 2 aromatic rings. The van der Waals surface area contributed by atoms with E-state index in [1.54, 1.807) is 6.07 Å². The van der Waals surface area contributed by atoms with Gasteiger partial charge in [0, 0.05) is 9.85 Å². The van der Waals surface area contributed by atoms with Gasteiger partial charge in [-0.2, -0.15) is 5.26 Å². The molecule has 0 atom stereocenters. The first-order valence-corrected chi connectivity index (χ1v) is 8.53. The molecule has 1 heterocycles. The van der Waals surface area contributed by atoms with Crippen LogP contribution in [0.25, 0.3) is 0 Å². The van der Waals surface area contributed by atoms with Crippen LogP contribution in [0.15, 0.2) is 39.0 Å². The number of carboxylic acid groups (broad SMARTS) is 1. The minimum Gasteiger partial charge on any atom is -0.477 e. The van der Waals surface area contributed by atoms with Crippen LogP contribution in [0.5, 0.6) is 0 Å². The molecule has 0 unspecified atom stereocenters. The molecule has 9 heteroatoms. The number of hydrogen-bond donors (Lipinski definition) is 2. The van der Waals surface area contributed by atoms with E-state index in [-0.39, 0.29) is 21.0 Å². The monoisotopic (exact) mass is 386 g/mol. The molecule has 108 valence electrons. The van der Waals surface area contributed by atoms with Crippen molar-refractivity contribution in [1.82, 2.24) is 0 Å². The average molecular weight is 387 g/mol. The lowest BCUT2D eigenvalue weighted by Gasteiger charge is -2.08. The van der Waals surface area contributed by atoms with Gasteiger partial charge < -0.3 is 5.11 Å². The number of rotatable bonds is 4. The molecule has 2 N–H and O–H groups in total. The zero-order valence-electron chi connectivity index (χ0n) is 10.2. The maximum Gasteiger partial charge on any atom is 0.345 e. The summed E-state index contributed by atoms with van der Waals surface area (Å²) >= 11 is 4.01. The first-order valence-electron chi connectivity index (χ1n) is 5.38. The molecule has 1 aromatic heterocycles. The van der Waals surface area contributed by atoms with Gasteiger partial charge in [-0.3, -0.25) is 4.72 Å². The van der Waals surface area contributed by atoms with E-state index < -0.39 is 16.0 Å². The van der Waals surface area contributed by atoms with E-state index in [1.807, 2.05) is 6.07 Å². The van der Waals surface area contributed by atoms with E-state index in [9.17, 15) is 13.2 Å². The number of hydrogen-bond acceptors (Lipinski definition) is 5. The second-order valence-corrected chi connectivity index (χ2v) is 7.37.